The first-order valence-electron chi connectivity index (χ1n) is 5.60. The first kappa shape index (κ1) is 14.3. The molecule has 94 valence electrons. The third-order valence-corrected chi connectivity index (χ3v) is 2.76. The van der Waals surface area contributed by atoms with E-state index in [1.807, 2.05) is 13.8 Å². The van der Waals surface area contributed by atoms with Crippen molar-refractivity contribution in [3.63, 3.8) is 0 Å². The van der Waals surface area contributed by atoms with Crippen LogP contribution in [0.4, 0.5) is 0 Å². The van der Waals surface area contributed by atoms with Crippen molar-refractivity contribution in [2.24, 2.45) is 5.92 Å². The number of benzene rings is 1. The van der Waals surface area contributed by atoms with Gasteiger partial charge in [-0.1, -0.05) is 44.0 Å². The minimum Gasteiger partial charge on any atom is -0.490 e. The lowest BCUT2D eigenvalue weighted by Gasteiger charge is -2.12. The fourth-order valence-corrected chi connectivity index (χ4v) is 1.91. The second kappa shape index (κ2) is 6.27. The van der Waals surface area contributed by atoms with E-state index in [-0.39, 0.29) is 5.78 Å². The lowest BCUT2D eigenvalue weighted by atomic mass is 10.1. The standard InChI is InChI=1S/C13H16Cl2O2/c1-4-12(16)9-5-10(14)13(11(15)6-9)17-7-8(2)3/h5-6,8H,4,7H2,1-3H3. The zero-order chi connectivity index (χ0) is 13.0. The molecule has 0 atom stereocenters. The summed E-state index contributed by atoms with van der Waals surface area (Å²) < 4.78 is 5.52. The highest BCUT2D eigenvalue weighted by Crippen LogP contribution is 2.34. The van der Waals surface area contributed by atoms with Crippen LogP contribution in [0.15, 0.2) is 12.1 Å². The van der Waals surface area contributed by atoms with Gasteiger partial charge < -0.3 is 4.74 Å². The van der Waals surface area contributed by atoms with E-state index in [4.69, 9.17) is 27.9 Å². The maximum atomic E-state index is 11.5. The molecule has 1 aromatic rings. The molecule has 0 aliphatic rings. The Balaban J connectivity index is 2.98. The molecule has 0 N–H and O–H groups in total. The van der Waals surface area contributed by atoms with Crippen LogP contribution >= 0.6 is 23.2 Å². The average Bonchev–Trinajstić information content (AvgIpc) is 2.26. The van der Waals surface area contributed by atoms with Gasteiger partial charge >= 0.3 is 0 Å². The lowest BCUT2D eigenvalue weighted by molar-refractivity contribution is 0.0988. The van der Waals surface area contributed by atoms with Gasteiger partial charge in [-0.15, -0.1) is 0 Å². The van der Waals surface area contributed by atoms with Crippen LogP contribution in [-0.4, -0.2) is 12.4 Å². The van der Waals surface area contributed by atoms with Crippen LogP contribution in [0.2, 0.25) is 10.0 Å². The highest BCUT2D eigenvalue weighted by atomic mass is 35.5. The van der Waals surface area contributed by atoms with Crippen LogP contribution in [0.1, 0.15) is 37.6 Å². The number of ether oxygens (including phenoxy) is 1. The van der Waals surface area contributed by atoms with Crippen molar-refractivity contribution in [1.29, 1.82) is 0 Å². The molecule has 1 aromatic carbocycles. The van der Waals surface area contributed by atoms with Gasteiger partial charge in [-0.2, -0.15) is 0 Å². The molecule has 17 heavy (non-hydrogen) atoms. The summed E-state index contributed by atoms with van der Waals surface area (Å²) in [4.78, 5) is 11.5. The van der Waals surface area contributed by atoms with Gasteiger partial charge in [0.1, 0.15) is 0 Å². The van der Waals surface area contributed by atoms with Crippen LogP contribution in [0, 0.1) is 5.92 Å². The number of rotatable bonds is 5. The zero-order valence-corrected chi connectivity index (χ0v) is 11.7. The average molecular weight is 275 g/mol. The highest BCUT2D eigenvalue weighted by Gasteiger charge is 2.13. The number of ketones is 1. The third kappa shape index (κ3) is 3.90. The number of hydrogen-bond donors (Lipinski definition) is 0. The van der Waals surface area contributed by atoms with E-state index in [9.17, 15) is 4.79 Å². The smallest absolute Gasteiger partial charge is 0.162 e. The van der Waals surface area contributed by atoms with Crippen LogP contribution < -0.4 is 4.74 Å². The van der Waals surface area contributed by atoms with E-state index < -0.39 is 0 Å². The van der Waals surface area contributed by atoms with Crippen LogP contribution in [-0.2, 0) is 0 Å². The van der Waals surface area contributed by atoms with Gasteiger partial charge in [-0.25, -0.2) is 0 Å². The number of carbonyl (C=O) groups is 1. The van der Waals surface area contributed by atoms with Gasteiger partial charge in [0.15, 0.2) is 11.5 Å². The molecule has 0 radical (unpaired) electrons. The molecule has 0 aromatic heterocycles. The van der Waals surface area contributed by atoms with Crippen molar-refractivity contribution in [3.8, 4) is 5.75 Å². The molecule has 1 rings (SSSR count). The van der Waals surface area contributed by atoms with E-state index in [0.29, 0.717) is 40.3 Å². The number of carbonyl (C=O) groups excluding carboxylic acids is 1. The molecule has 0 aliphatic heterocycles. The SMILES string of the molecule is CCC(=O)c1cc(Cl)c(OCC(C)C)c(Cl)c1. The summed E-state index contributed by atoms with van der Waals surface area (Å²) in [6.45, 7) is 6.42. The van der Waals surface area contributed by atoms with Crippen molar-refractivity contribution in [3.05, 3.63) is 27.7 Å². The molecular formula is C13H16Cl2O2. The van der Waals surface area contributed by atoms with E-state index in [2.05, 4.69) is 0 Å². The van der Waals surface area contributed by atoms with Crippen molar-refractivity contribution in [1.82, 2.24) is 0 Å². The molecule has 0 heterocycles. The lowest BCUT2D eigenvalue weighted by Crippen LogP contribution is -2.06. The van der Waals surface area contributed by atoms with E-state index in [0.717, 1.165) is 0 Å². The third-order valence-electron chi connectivity index (χ3n) is 2.20. The summed E-state index contributed by atoms with van der Waals surface area (Å²) in [6, 6.07) is 3.21. The summed E-state index contributed by atoms with van der Waals surface area (Å²) in [6.07, 6.45) is 0.429. The molecule has 0 unspecified atom stereocenters. The quantitative estimate of drug-likeness (QED) is 0.733. The van der Waals surface area contributed by atoms with Gasteiger partial charge in [-0.3, -0.25) is 4.79 Å². The monoisotopic (exact) mass is 274 g/mol. The number of Topliss-reactive ketones (excluding diaryl/α,β-unsaturated/α-hetero) is 1. The summed E-state index contributed by atoms with van der Waals surface area (Å²) >= 11 is 12.1. The topological polar surface area (TPSA) is 26.3 Å². The fourth-order valence-electron chi connectivity index (χ4n) is 1.31. The van der Waals surface area contributed by atoms with E-state index in [1.165, 1.54) is 0 Å². The Morgan fingerprint density at radius 3 is 2.24 bits per heavy atom. The molecular weight excluding hydrogens is 259 g/mol. The van der Waals surface area contributed by atoms with Crippen molar-refractivity contribution >= 4 is 29.0 Å². The van der Waals surface area contributed by atoms with Gasteiger partial charge in [-0.05, 0) is 18.1 Å². The van der Waals surface area contributed by atoms with Gasteiger partial charge in [0, 0.05) is 12.0 Å². The Morgan fingerprint density at radius 1 is 1.29 bits per heavy atom. The zero-order valence-electron chi connectivity index (χ0n) is 10.2. The normalized spacial score (nSPS) is 10.7. The first-order chi connectivity index (χ1) is 7.95. The number of hydrogen-bond acceptors (Lipinski definition) is 2. The predicted molar refractivity (Wildman–Crippen MR) is 71.4 cm³/mol. The van der Waals surface area contributed by atoms with Crippen LogP contribution in [0.3, 0.4) is 0 Å². The summed E-state index contributed by atoms with van der Waals surface area (Å²) in [7, 11) is 0. The molecule has 4 heteroatoms. The second-order valence-corrected chi connectivity index (χ2v) is 5.06. The van der Waals surface area contributed by atoms with Gasteiger partial charge in [0.25, 0.3) is 0 Å². The largest absolute Gasteiger partial charge is 0.490 e. The van der Waals surface area contributed by atoms with Gasteiger partial charge in [0.2, 0.25) is 0 Å². The number of halogens is 2. The maximum Gasteiger partial charge on any atom is 0.162 e. The molecule has 0 fully saturated rings. The fraction of sp³-hybridized carbons (Fsp3) is 0.462. The summed E-state index contributed by atoms with van der Waals surface area (Å²) in [5.41, 5.74) is 0.527. The summed E-state index contributed by atoms with van der Waals surface area (Å²) in [5, 5.41) is 0.768. The molecule has 0 spiro atoms. The first-order valence-corrected chi connectivity index (χ1v) is 6.36. The molecule has 0 bridgehead atoms. The van der Waals surface area contributed by atoms with Crippen molar-refractivity contribution in [2.75, 3.05) is 6.61 Å². The Kier molecular flexibility index (Phi) is 5.29. The Bertz CT molecular complexity index is 391. The molecule has 0 amide bonds. The Labute approximate surface area is 112 Å². The summed E-state index contributed by atoms with van der Waals surface area (Å²) in [5.74, 6) is 0.859. The highest BCUT2D eigenvalue weighted by molar-refractivity contribution is 6.37. The molecule has 0 saturated heterocycles. The second-order valence-electron chi connectivity index (χ2n) is 4.25. The van der Waals surface area contributed by atoms with Crippen LogP contribution in [0.25, 0.3) is 0 Å². The van der Waals surface area contributed by atoms with E-state index in [1.54, 1.807) is 19.1 Å². The Hall–Kier alpha value is -0.730. The predicted octanol–water partition coefficient (Wildman–Crippen LogP) is 4.62. The minimum absolute atomic E-state index is 0.0178. The molecule has 0 aliphatic carbocycles. The Morgan fingerprint density at radius 2 is 1.82 bits per heavy atom. The van der Waals surface area contributed by atoms with Crippen molar-refractivity contribution in [2.45, 2.75) is 27.2 Å². The van der Waals surface area contributed by atoms with Gasteiger partial charge in [0.05, 0.1) is 16.7 Å². The minimum atomic E-state index is 0.0178. The maximum absolute atomic E-state index is 11.5. The molecule has 2 nitrogen and oxygen atoms in total. The molecule has 0 saturated carbocycles. The van der Waals surface area contributed by atoms with Crippen molar-refractivity contribution < 1.29 is 9.53 Å². The van der Waals surface area contributed by atoms with E-state index >= 15 is 0 Å². The van der Waals surface area contributed by atoms with Crippen LogP contribution in [0.5, 0.6) is 5.75 Å².